The first-order valence-corrected chi connectivity index (χ1v) is 8.41. The molecule has 0 aliphatic carbocycles. The predicted molar refractivity (Wildman–Crippen MR) is 90.1 cm³/mol. The normalized spacial score (nSPS) is 24.1. The van der Waals surface area contributed by atoms with Crippen molar-refractivity contribution in [1.82, 2.24) is 14.4 Å². The molecular formula is C19H23N3O. The van der Waals surface area contributed by atoms with E-state index in [-0.39, 0.29) is 5.91 Å². The molecule has 3 heterocycles. The van der Waals surface area contributed by atoms with Gasteiger partial charge in [0.25, 0.3) is 5.91 Å². The SMILES string of the molecule is Cn1cccc1C(=O)N1CC[C@@H]2CN(Cc3ccccc3)[C@@H]2C1. The van der Waals surface area contributed by atoms with Crippen molar-refractivity contribution in [3.05, 3.63) is 59.9 Å². The molecule has 2 atom stereocenters. The van der Waals surface area contributed by atoms with Gasteiger partial charge in [0.05, 0.1) is 0 Å². The standard InChI is InChI=1S/C19H23N3O/c1-20-10-5-8-17(20)19(23)21-11-9-16-13-22(18(16)14-21)12-15-6-3-2-4-7-15/h2-8,10,16,18H,9,11-14H2,1H3/t16-,18-/m1/s1. The first-order chi connectivity index (χ1) is 11.2. The summed E-state index contributed by atoms with van der Waals surface area (Å²) in [6.07, 6.45) is 3.07. The highest BCUT2D eigenvalue weighted by atomic mass is 16.2. The minimum atomic E-state index is 0.169. The van der Waals surface area contributed by atoms with E-state index in [9.17, 15) is 4.79 Å². The summed E-state index contributed by atoms with van der Waals surface area (Å²) in [7, 11) is 1.94. The second-order valence-electron chi connectivity index (χ2n) is 6.79. The molecule has 2 aliphatic rings. The highest BCUT2D eigenvalue weighted by Crippen LogP contribution is 2.34. The maximum absolute atomic E-state index is 12.7. The molecule has 0 saturated carbocycles. The van der Waals surface area contributed by atoms with E-state index in [0.29, 0.717) is 6.04 Å². The minimum absolute atomic E-state index is 0.169. The Bertz CT molecular complexity index is 694. The van der Waals surface area contributed by atoms with Crippen molar-refractivity contribution in [2.45, 2.75) is 19.0 Å². The average Bonchev–Trinajstić information content (AvgIpc) is 2.99. The van der Waals surface area contributed by atoms with Gasteiger partial charge in [-0.15, -0.1) is 0 Å². The molecule has 23 heavy (non-hydrogen) atoms. The first kappa shape index (κ1) is 14.5. The van der Waals surface area contributed by atoms with Crippen LogP contribution in [0.15, 0.2) is 48.7 Å². The maximum Gasteiger partial charge on any atom is 0.270 e. The lowest BCUT2D eigenvalue weighted by molar-refractivity contribution is -0.0429. The van der Waals surface area contributed by atoms with E-state index in [1.807, 2.05) is 34.8 Å². The van der Waals surface area contributed by atoms with E-state index in [1.165, 1.54) is 12.1 Å². The minimum Gasteiger partial charge on any atom is -0.347 e. The van der Waals surface area contributed by atoms with Gasteiger partial charge < -0.3 is 9.47 Å². The van der Waals surface area contributed by atoms with Gasteiger partial charge in [0.2, 0.25) is 0 Å². The van der Waals surface area contributed by atoms with Crippen LogP contribution in [-0.2, 0) is 13.6 Å². The molecule has 2 aliphatic heterocycles. The average molecular weight is 309 g/mol. The first-order valence-electron chi connectivity index (χ1n) is 8.41. The molecule has 1 amide bonds. The Morgan fingerprint density at radius 3 is 2.70 bits per heavy atom. The zero-order chi connectivity index (χ0) is 15.8. The molecule has 0 unspecified atom stereocenters. The van der Waals surface area contributed by atoms with E-state index in [1.54, 1.807) is 0 Å². The van der Waals surface area contributed by atoms with Gasteiger partial charge >= 0.3 is 0 Å². The van der Waals surface area contributed by atoms with Crippen LogP contribution in [0.1, 0.15) is 22.5 Å². The Morgan fingerprint density at radius 1 is 1.13 bits per heavy atom. The number of hydrogen-bond donors (Lipinski definition) is 0. The van der Waals surface area contributed by atoms with Gasteiger partial charge in [-0.05, 0) is 30.0 Å². The molecule has 2 saturated heterocycles. The van der Waals surface area contributed by atoms with E-state index >= 15 is 0 Å². The fraction of sp³-hybridized carbons (Fsp3) is 0.421. The summed E-state index contributed by atoms with van der Waals surface area (Å²) in [6, 6.07) is 15.0. The number of benzene rings is 1. The Kier molecular flexibility index (Phi) is 3.69. The molecule has 4 nitrogen and oxygen atoms in total. The third kappa shape index (κ3) is 2.68. The van der Waals surface area contributed by atoms with Crippen LogP contribution in [0.5, 0.6) is 0 Å². The third-order valence-corrected chi connectivity index (χ3v) is 5.34. The number of likely N-dealkylation sites (tertiary alicyclic amines) is 2. The smallest absolute Gasteiger partial charge is 0.270 e. The molecule has 0 radical (unpaired) electrons. The van der Waals surface area contributed by atoms with E-state index in [0.717, 1.165) is 37.7 Å². The van der Waals surface area contributed by atoms with Crippen LogP contribution in [0.25, 0.3) is 0 Å². The Balaban J connectivity index is 1.42. The number of nitrogens with zero attached hydrogens (tertiary/aromatic N) is 3. The number of carbonyl (C=O) groups is 1. The molecule has 2 fully saturated rings. The molecule has 2 aromatic rings. The fourth-order valence-electron chi connectivity index (χ4n) is 3.93. The molecule has 120 valence electrons. The van der Waals surface area contributed by atoms with Crippen LogP contribution < -0.4 is 0 Å². The molecule has 0 N–H and O–H groups in total. The number of fused-ring (bicyclic) bond motifs is 1. The van der Waals surface area contributed by atoms with Crippen LogP contribution in [0.3, 0.4) is 0 Å². The van der Waals surface area contributed by atoms with Crippen LogP contribution in [0, 0.1) is 5.92 Å². The summed E-state index contributed by atoms with van der Waals surface area (Å²) in [6.45, 7) is 3.92. The quantitative estimate of drug-likeness (QED) is 0.871. The van der Waals surface area contributed by atoms with Gasteiger partial charge in [-0.25, -0.2) is 0 Å². The van der Waals surface area contributed by atoms with Crippen molar-refractivity contribution in [1.29, 1.82) is 0 Å². The van der Waals surface area contributed by atoms with E-state index in [2.05, 4.69) is 35.2 Å². The monoisotopic (exact) mass is 309 g/mol. The van der Waals surface area contributed by atoms with E-state index in [4.69, 9.17) is 0 Å². The lowest BCUT2D eigenvalue weighted by Crippen LogP contribution is -2.64. The van der Waals surface area contributed by atoms with Gasteiger partial charge in [0, 0.05) is 45.5 Å². The van der Waals surface area contributed by atoms with Gasteiger partial charge in [0.1, 0.15) is 5.69 Å². The van der Waals surface area contributed by atoms with Gasteiger partial charge in [-0.2, -0.15) is 0 Å². The number of aromatic nitrogens is 1. The van der Waals surface area contributed by atoms with Crippen molar-refractivity contribution < 1.29 is 4.79 Å². The number of rotatable bonds is 3. The number of piperidine rings is 1. The maximum atomic E-state index is 12.7. The van der Waals surface area contributed by atoms with Gasteiger partial charge in [-0.1, -0.05) is 30.3 Å². The summed E-state index contributed by atoms with van der Waals surface area (Å²) in [4.78, 5) is 17.3. The number of hydrogen-bond acceptors (Lipinski definition) is 2. The number of amides is 1. The topological polar surface area (TPSA) is 28.5 Å². The molecule has 1 aromatic carbocycles. The highest BCUT2D eigenvalue weighted by molar-refractivity contribution is 5.92. The largest absolute Gasteiger partial charge is 0.347 e. The van der Waals surface area contributed by atoms with Crippen LogP contribution in [-0.4, -0.2) is 46.0 Å². The summed E-state index contributed by atoms with van der Waals surface area (Å²) >= 11 is 0. The Hall–Kier alpha value is -2.07. The van der Waals surface area contributed by atoms with Crippen molar-refractivity contribution in [2.24, 2.45) is 13.0 Å². The summed E-state index contributed by atoms with van der Waals surface area (Å²) in [5.74, 6) is 0.929. The molecule has 4 rings (SSSR count). The summed E-state index contributed by atoms with van der Waals surface area (Å²) < 4.78 is 1.91. The fourth-order valence-corrected chi connectivity index (χ4v) is 3.93. The van der Waals surface area contributed by atoms with E-state index < -0.39 is 0 Å². The highest BCUT2D eigenvalue weighted by Gasteiger charge is 2.43. The zero-order valence-corrected chi connectivity index (χ0v) is 13.6. The van der Waals surface area contributed by atoms with Crippen molar-refractivity contribution >= 4 is 5.91 Å². The van der Waals surface area contributed by atoms with Gasteiger partial charge in [-0.3, -0.25) is 9.69 Å². The predicted octanol–water partition coefficient (Wildman–Crippen LogP) is 2.37. The zero-order valence-electron chi connectivity index (χ0n) is 13.6. The second-order valence-corrected chi connectivity index (χ2v) is 6.79. The number of aryl methyl sites for hydroxylation is 1. The molecule has 0 bridgehead atoms. The van der Waals surface area contributed by atoms with Crippen molar-refractivity contribution in [2.75, 3.05) is 19.6 Å². The lowest BCUT2D eigenvalue weighted by atomic mass is 9.82. The van der Waals surface area contributed by atoms with Crippen molar-refractivity contribution in [3.8, 4) is 0 Å². The molecule has 1 aromatic heterocycles. The van der Waals surface area contributed by atoms with Crippen molar-refractivity contribution in [3.63, 3.8) is 0 Å². The third-order valence-electron chi connectivity index (χ3n) is 5.34. The second kappa shape index (κ2) is 5.85. The summed E-state index contributed by atoms with van der Waals surface area (Å²) in [5, 5.41) is 0. The number of carbonyl (C=O) groups excluding carboxylic acids is 1. The molecule has 4 heteroatoms. The summed E-state index contributed by atoms with van der Waals surface area (Å²) in [5.41, 5.74) is 2.15. The van der Waals surface area contributed by atoms with Crippen LogP contribution in [0.2, 0.25) is 0 Å². The molecular weight excluding hydrogens is 286 g/mol. The van der Waals surface area contributed by atoms with Gasteiger partial charge in [0.15, 0.2) is 0 Å². The Morgan fingerprint density at radius 2 is 1.96 bits per heavy atom. The molecule has 0 spiro atoms. The van der Waals surface area contributed by atoms with Crippen LogP contribution in [0.4, 0.5) is 0 Å². The van der Waals surface area contributed by atoms with Crippen LogP contribution >= 0.6 is 0 Å². The lowest BCUT2D eigenvalue weighted by Gasteiger charge is -2.53. The Labute approximate surface area is 137 Å².